The predicted octanol–water partition coefficient (Wildman–Crippen LogP) is 2.23. The highest BCUT2D eigenvalue weighted by Crippen LogP contribution is 2.51. The van der Waals surface area contributed by atoms with Gasteiger partial charge < -0.3 is 15.0 Å². The maximum Gasteiger partial charge on any atom is 0.194 e. The van der Waals surface area contributed by atoms with E-state index in [2.05, 4.69) is 41.3 Å². The van der Waals surface area contributed by atoms with Crippen LogP contribution < -0.4 is 10.1 Å². The smallest absolute Gasteiger partial charge is 0.194 e. The van der Waals surface area contributed by atoms with E-state index < -0.39 is 0 Å². The molecule has 2 unspecified atom stereocenters. The van der Waals surface area contributed by atoms with Crippen LogP contribution in [-0.4, -0.2) is 44.1 Å². The Morgan fingerprint density at radius 3 is 2.80 bits per heavy atom. The lowest BCUT2D eigenvalue weighted by Gasteiger charge is -2.19. The molecular weight excluding hydrogens is 365 g/mol. The summed E-state index contributed by atoms with van der Waals surface area (Å²) in [7, 11) is 3.82. The molecule has 1 aromatic rings. The molecule has 2 aliphatic rings. The van der Waals surface area contributed by atoms with Crippen LogP contribution in [0.25, 0.3) is 0 Å². The van der Waals surface area contributed by atoms with Gasteiger partial charge in [0.05, 0.1) is 13.7 Å². The first-order valence-corrected chi connectivity index (χ1v) is 6.81. The van der Waals surface area contributed by atoms with Crippen molar-refractivity contribution in [3.05, 3.63) is 29.8 Å². The summed E-state index contributed by atoms with van der Waals surface area (Å²) in [5.74, 6) is 2.01. The number of methoxy groups -OCH3 is 1. The van der Waals surface area contributed by atoms with Crippen LogP contribution in [0.3, 0.4) is 0 Å². The molecule has 0 radical (unpaired) electrons. The van der Waals surface area contributed by atoms with Gasteiger partial charge in [-0.2, -0.15) is 0 Å². The number of halogens is 1. The summed E-state index contributed by atoms with van der Waals surface area (Å²) in [5.41, 5.74) is 1.44. The third-order valence-corrected chi connectivity index (χ3v) is 4.32. The molecular formula is C15H22IN3O. The number of nitrogens with one attached hydrogen (secondary N) is 1. The minimum atomic E-state index is 0. The van der Waals surface area contributed by atoms with Gasteiger partial charge in [-0.25, -0.2) is 0 Å². The topological polar surface area (TPSA) is 36.9 Å². The molecule has 1 fully saturated rings. The number of nitrogens with zero attached hydrogens (tertiary/aromatic N) is 2. The Labute approximate surface area is 137 Å². The van der Waals surface area contributed by atoms with Gasteiger partial charge in [0.15, 0.2) is 5.96 Å². The van der Waals surface area contributed by atoms with Gasteiger partial charge in [0, 0.05) is 30.6 Å². The number of hydrogen-bond donors (Lipinski definition) is 1. The molecule has 0 amide bonds. The molecule has 2 atom stereocenters. The average Bonchev–Trinajstić information content (AvgIpc) is 2.90. The van der Waals surface area contributed by atoms with E-state index in [0.29, 0.717) is 6.04 Å². The average molecular weight is 387 g/mol. The Kier molecular flexibility index (Phi) is 4.46. The summed E-state index contributed by atoms with van der Waals surface area (Å²) >= 11 is 0. The van der Waals surface area contributed by atoms with Gasteiger partial charge >= 0.3 is 0 Å². The van der Waals surface area contributed by atoms with Crippen molar-refractivity contribution < 1.29 is 4.74 Å². The molecule has 1 heterocycles. The standard InChI is InChI=1S/C15H21N3O.HI/c1-15(11-6-4-5-7-12(11)19-3)10-13(15)17-14-16-8-9-18(14)2;/h4-7,13H,8-10H2,1-3H3,(H,16,17);1H. The summed E-state index contributed by atoms with van der Waals surface area (Å²) in [4.78, 5) is 6.68. The van der Waals surface area contributed by atoms with E-state index in [0.717, 1.165) is 31.2 Å². The van der Waals surface area contributed by atoms with E-state index in [1.807, 2.05) is 12.1 Å². The summed E-state index contributed by atoms with van der Waals surface area (Å²) < 4.78 is 5.48. The van der Waals surface area contributed by atoms with Crippen LogP contribution >= 0.6 is 24.0 Å². The van der Waals surface area contributed by atoms with Crippen molar-refractivity contribution >= 4 is 29.9 Å². The monoisotopic (exact) mass is 387 g/mol. The van der Waals surface area contributed by atoms with Crippen molar-refractivity contribution in [3.63, 3.8) is 0 Å². The third-order valence-electron chi connectivity index (χ3n) is 4.32. The fourth-order valence-corrected chi connectivity index (χ4v) is 2.83. The molecule has 20 heavy (non-hydrogen) atoms. The molecule has 5 heteroatoms. The normalized spacial score (nSPS) is 27.6. The highest BCUT2D eigenvalue weighted by atomic mass is 127. The van der Waals surface area contributed by atoms with Gasteiger partial charge in [-0.05, 0) is 12.5 Å². The zero-order chi connectivity index (χ0) is 13.5. The fourth-order valence-electron chi connectivity index (χ4n) is 2.83. The quantitative estimate of drug-likeness (QED) is 0.809. The van der Waals surface area contributed by atoms with Gasteiger partial charge in [0.25, 0.3) is 0 Å². The summed E-state index contributed by atoms with van der Waals surface area (Å²) in [6, 6.07) is 8.75. The van der Waals surface area contributed by atoms with Crippen molar-refractivity contribution in [1.29, 1.82) is 0 Å². The van der Waals surface area contributed by atoms with E-state index >= 15 is 0 Å². The molecule has 110 valence electrons. The van der Waals surface area contributed by atoms with E-state index in [1.54, 1.807) is 7.11 Å². The largest absolute Gasteiger partial charge is 0.496 e. The summed E-state index contributed by atoms with van der Waals surface area (Å²) in [6.07, 6.45) is 1.13. The number of benzene rings is 1. The maximum atomic E-state index is 5.48. The molecule has 1 N–H and O–H groups in total. The molecule has 4 nitrogen and oxygen atoms in total. The number of ether oxygens (including phenoxy) is 1. The van der Waals surface area contributed by atoms with Crippen LogP contribution in [0.1, 0.15) is 18.9 Å². The Balaban J connectivity index is 0.00000147. The third kappa shape index (κ3) is 2.60. The maximum absolute atomic E-state index is 5.48. The SMILES string of the molecule is COc1ccccc1C1(C)CC1NC1=NCCN1C.I. The number of rotatable bonds is 3. The van der Waals surface area contributed by atoms with E-state index in [1.165, 1.54) is 5.56 Å². The molecule has 3 rings (SSSR count). The van der Waals surface area contributed by atoms with E-state index in [9.17, 15) is 0 Å². The Morgan fingerprint density at radius 1 is 1.40 bits per heavy atom. The van der Waals surface area contributed by atoms with Gasteiger partial charge in [0.2, 0.25) is 0 Å². The Bertz CT molecular complexity index is 520. The van der Waals surface area contributed by atoms with Crippen molar-refractivity contribution in [1.82, 2.24) is 10.2 Å². The first-order valence-electron chi connectivity index (χ1n) is 6.81. The Hall–Kier alpha value is -0.980. The molecule has 0 spiro atoms. The van der Waals surface area contributed by atoms with Crippen molar-refractivity contribution in [2.45, 2.75) is 24.8 Å². The lowest BCUT2D eigenvalue weighted by Crippen LogP contribution is -2.39. The molecule has 1 aliphatic carbocycles. The van der Waals surface area contributed by atoms with Crippen molar-refractivity contribution in [3.8, 4) is 5.75 Å². The highest BCUT2D eigenvalue weighted by molar-refractivity contribution is 14.0. The van der Waals surface area contributed by atoms with Crippen LogP contribution in [0.2, 0.25) is 0 Å². The molecule has 1 aliphatic heterocycles. The van der Waals surface area contributed by atoms with Crippen LogP contribution in [0.5, 0.6) is 5.75 Å². The molecule has 0 saturated heterocycles. The van der Waals surface area contributed by atoms with Gasteiger partial charge in [0.1, 0.15) is 5.75 Å². The molecule has 1 aromatic carbocycles. The van der Waals surface area contributed by atoms with Gasteiger partial charge in [-0.3, -0.25) is 4.99 Å². The van der Waals surface area contributed by atoms with Gasteiger partial charge in [-0.1, -0.05) is 25.1 Å². The Morgan fingerprint density at radius 2 is 2.15 bits per heavy atom. The zero-order valence-corrected chi connectivity index (χ0v) is 14.5. The van der Waals surface area contributed by atoms with Crippen molar-refractivity contribution in [2.24, 2.45) is 4.99 Å². The number of para-hydroxylation sites is 1. The zero-order valence-electron chi connectivity index (χ0n) is 12.2. The molecule has 0 bridgehead atoms. The minimum absolute atomic E-state index is 0. The number of hydrogen-bond acceptors (Lipinski definition) is 4. The first kappa shape index (κ1) is 15.4. The lowest BCUT2D eigenvalue weighted by atomic mass is 9.96. The fraction of sp³-hybridized carbons (Fsp3) is 0.533. The van der Waals surface area contributed by atoms with E-state index in [4.69, 9.17) is 4.74 Å². The predicted molar refractivity (Wildman–Crippen MR) is 92.2 cm³/mol. The van der Waals surface area contributed by atoms with Crippen LogP contribution in [0.15, 0.2) is 29.3 Å². The lowest BCUT2D eigenvalue weighted by molar-refractivity contribution is 0.404. The minimum Gasteiger partial charge on any atom is -0.496 e. The number of guanidine groups is 1. The summed E-state index contributed by atoms with van der Waals surface area (Å²) in [5, 5.41) is 3.56. The van der Waals surface area contributed by atoms with Crippen LogP contribution in [0, 0.1) is 0 Å². The molecule has 1 saturated carbocycles. The van der Waals surface area contributed by atoms with Gasteiger partial charge in [-0.15, -0.1) is 24.0 Å². The number of likely N-dealkylation sites (N-methyl/N-ethyl adjacent to an activating group) is 1. The second-order valence-corrected chi connectivity index (χ2v) is 5.65. The first-order chi connectivity index (χ1) is 9.15. The van der Waals surface area contributed by atoms with E-state index in [-0.39, 0.29) is 29.4 Å². The summed E-state index contributed by atoms with van der Waals surface area (Å²) in [6.45, 7) is 4.20. The number of aliphatic imine (C=N–C) groups is 1. The second kappa shape index (κ2) is 5.79. The van der Waals surface area contributed by atoms with Crippen LogP contribution in [-0.2, 0) is 5.41 Å². The molecule has 0 aromatic heterocycles. The van der Waals surface area contributed by atoms with Crippen molar-refractivity contribution in [2.75, 3.05) is 27.2 Å². The van der Waals surface area contributed by atoms with Crippen LogP contribution in [0.4, 0.5) is 0 Å². The highest BCUT2D eigenvalue weighted by Gasteiger charge is 2.53. The second-order valence-electron chi connectivity index (χ2n) is 5.65.